The van der Waals surface area contributed by atoms with Crippen LogP contribution in [0.15, 0.2) is 243 Å². The quantitative estimate of drug-likeness (QED) is 0.142. The van der Waals surface area contributed by atoms with E-state index in [0.29, 0.717) is 44.9 Å². The molecular weight excluding hydrogens is 925 g/mol. The van der Waals surface area contributed by atoms with E-state index in [4.69, 9.17) is 6.57 Å². The van der Waals surface area contributed by atoms with Crippen LogP contribution in [0.2, 0.25) is 0 Å². The molecule has 6 heteroatoms. The molecule has 2 heterocycles. The maximum atomic E-state index is 10.9. The summed E-state index contributed by atoms with van der Waals surface area (Å²) in [5.74, 6) is 0. The molecule has 0 N–H and O–H groups in total. The molecule has 13 rings (SSSR count). The third kappa shape index (κ3) is 7.55. The van der Waals surface area contributed by atoms with E-state index in [0.717, 1.165) is 99.2 Å². The third-order valence-electron chi connectivity index (χ3n) is 14.7. The number of aromatic nitrogens is 2. The molecule has 0 spiro atoms. The predicted molar refractivity (Wildman–Crippen MR) is 308 cm³/mol. The highest BCUT2D eigenvalue weighted by Gasteiger charge is 2.23. The molecule has 0 aliphatic carbocycles. The zero-order valence-corrected chi connectivity index (χ0v) is 40.8. The number of nitriles is 3. The van der Waals surface area contributed by atoms with Gasteiger partial charge in [0.15, 0.2) is 0 Å². The lowest BCUT2D eigenvalue weighted by Crippen LogP contribution is -2.01. The SMILES string of the molecule is [C-]#[N+]c1cc(C#N)c(-c2ccc(-c3cc(-n4c5cc(-c6ccccc6)ccc5c5ccc(-c6ccccc6)cc54)c(C#N)cc3C#N)cc2)cc1-n1c2cc(-c3ccccc3)ccc2c2ccc(-c3ccccc3)cc21. The summed E-state index contributed by atoms with van der Waals surface area (Å²) in [5, 5.41) is 36.5. The van der Waals surface area contributed by atoms with Crippen LogP contribution in [0.25, 0.3) is 127 Å². The topological polar surface area (TPSA) is 85.6 Å². The van der Waals surface area contributed by atoms with Crippen molar-refractivity contribution in [2.75, 3.05) is 0 Å². The molecular formula is C70H40N6. The Morgan fingerprint density at radius 1 is 0.289 bits per heavy atom. The minimum Gasteiger partial charge on any atom is -0.319 e. The van der Waals surface area contributed by atoms with Gasteiger partial charge in [0, 0.05) is 32.7 Å². The minimum absolute atomic E-state index is 0.353. The smallest absolute Gasteiger partial charge is 0.211 e. The molecule has 13 aromatic rings. The lowest BCUT2D eigenvalue weighted by atomic mass is 9.93. The van der Waals surface area contributed by atoms with Gasteiger partial charge in [-0.1, -0.05) is 194 Å². The van der Waals surface area contributed by atoms with Gasteiger partial charge in [0.1, 0.15) is 6.07 Å². The van der Waals surface area contributed by atoms with Gasteiger partial charge in [-0.25, -0.2) is 4.85 Å². The number of nitrogens with zero attached hydrogens (tertiary/aromatic N) is 6. The summed E-state index contributed by atoms with van der Waals surface area (Å²) in [7, 11) is 0. The Morgan fingerprint density at radius 2 is 0.592 bits per heavy atom. The van der Waals surface area contributed by atoms with Crippen molar-refractivity contribution in [2.24, 2.45) is 0 Å². The van der Waals surface area contributed by atoms with Crippen molar-refractivity contribution >= 4 is 49.3 Å². The Balaban J connectivity index is 0.982. The zero-order valence-electron chi connectivity index (χ0n) is 40.8. The summed E-state index contributed by atoms with van der Waals surface area (Å²) in [5.41, 5.74) is 17.9. The number of fused-ring (bicyclic) bond motifs is 6. The normalized spacial score (nSPS) is 11.1. The molecule has 0 fully saturated rings. The van der Waals surface area contributed by atoms with E-state index in [1.165, 1.54) is 0 Å². The van der Waals surface area contributed by atoms with Crippen LogP contribution in [0, 0.1) is 40.6 Å². The van der Waals surface area contributed by atoms with Crippen LogP contribution in [0.5, 0.6) is 0 Å². The molecule has 0 saturated carbocycles. The summed E-state index contributed by atoms with van der Waals surface area (Å²) in [6.07, 6.45) is 0. The van der Waals surface area contributed by atoms with E-state index in [1.807, 2.05) is 109 Å². The van der Waals surface area contributed by atoms with Gasteiger partial charge >= 0.3 is 0 Å². The van der Waals surface area contributed by atoms with Crippen LogP contribution in [-0.4, -0.2) is 9.13 Å². The van der Waals surface area contributed by atoms with Gasteiger partial charge in [0.2, 0.25) is 5.69 Å². The fourth-order valence-electron chi connectivity index (χ4n) is 11.0. The molecule has 0 aliphatic heterocycles. The molecule has 11 aromatic carbocycles. The Morgan fingerprint density at radius 3 is 0.921 bits per heavy atom. The highest BCUT2D eigenvalue weighted by atomic mass is 15.0. The second-order valence-corrected chi connectivity index (χ2v) is 18.9. The summed E-state index contributed by atoms with van der Waals surface area (Å²) in [6.45, 7) is 8.51. The molecule has 0 radical (unpaired) electrons. The molecule has 0 atom stereocenters. The van der Waals surface area contributed by atoms with Crippen molar-refractivity contribution < 1.29 is 0 Å². The Bertz CT molecular complexity index is 4140. The van der Waals surface area contributed by atoms with Crippen LogP contribution < -0.4 is 0 Å². The van der Waals surface area contributed by atoms with Crippen LogP contribution in [0.1, 0.15) is 16.7 Å². The van der Waals surface area contributed by atoms with Crippen LogP contribution in [0.3, 0.4) is 0 Å². The van der Waals surface area contributed by atoms with E-state index in [1.54, 1.807) is 12.1 Å². The molecule has 350 valence electrons. The molecule has 0 bridgehead atoms. The number of benzene rings is 11. The lowest BCUT2D eigenvalue weighted by molar-refractivity contribution is 1.17. The van der Waals surface area contributed by atoms with Crippen molar-refractivity contribution in [1.82, 2.24) is 9.13 Å². The monoisotopic (exact) mass is 964 g/mol. The molecule has 6 nitrogen and oxygen atoms in total. The first kappa shape index (κ1) is 44.9. The molecule has 0 unspecified atom stereocenters. The van der Waals surface area contributed by atoms with Crippen molar-refractivity contribution in [3.8, 4) is 96.3 Å². The van der Waals surface area contributed by atoms with Gasteiger partial charge in [0.25, 0.3) is 0 Å². The van der Waals surface area contributed by atoms with Crippen LogP contribution >= 0.6 is 0 Å². The Labute approximate surface area is 439 Å². The first-order valence-corrected chi connectivity index (χ1v) is 24.9. The summed E-state index contributed by atoms with van der Waals surface area (Å²) in [4.78, 5) is 4.06. The van der Waals surface area contributed by atoms with E-state index in [9.17, 15) is 15.8 Å². The average molecular weight is 965 g/mol. The molecule has 0 amide bonds. The third-order valence-corrected chi connectivity index (χ3v) is 14.7. The van der Waals surface area contributed by atoms with Crippen molar-refractivity contribution in [3.05, 3.63) is 271 Å². The maximum absolute atomic E-state index is 10.9. The number of rotatable bonds is 8. The van der Waals surface area contributed by atoms with Crippen LogP contribution in [0.4, 0.5) is 5.69 Å². The van der Waals surface area contributed by atoms with Gasteiger partial charge < -0.3 is 9.13 Å². The van der Waals surface area contributed by atoms with Crippen LogP contribution in [-0.2, 0) is 0 Å². The standard InChI is InChI=1S/C70H40N6/c1-74-64-35-56(43-72)63(41-70(64)76-68-38-53(47-18-10-4-11-19-47)28-32-60(68)61-33-29-54(39-69(61)76)48-20-12-5-13-21-48)50-24-22-49(23-25-50)62-40-65(57(44-73)34-55(62)42-71)75-66-36-51(45-14-6-2-7-15-45)26-30-58(66)59-31-27-52(37-67(59)75)46-16-8-3-9-17-46/h2-41H. The second kappa shape index (κ2) is 18.5. The Kier molecular flexibility index (Phi) is 11.0. The summed E-state index contributed by atoms with van der Waals surface area (Å²) >= 11 is 0. The van der Waals surface area contributed by atoms with Gasteiger partial charge in [-0.2, -0.15) is 15.8 Å². The maximum Gasteiger partial charge on any atom is 0.211 e. The largest absolute Gasteiger partial charge is 0.319 e. The second-order valence-electron chi connectivity index (χ2n) is 18.9. The van der Waals surface area contributed by atoms with Crippen molar-refractivity contribution in [2.45, 2.75) is 0 Å². The van der Waals surface area contributed by atoms with Crippen molar-refractivity contribution in [1.29, 1.82) is 15.8 Å². The number of hydrogen-bond acceptors (Lipinski definition) is 3. The first-order valence-electron chi connectivity index (χ1n) is 24.9. The van der Waals surface area contributed by atoms with E-state index < -0.39 is 0 Å². The lowest BCUT2D eigenvalue weighted by Gasteiger charge is -2.16. The van der Waals surface area contributed by atoms with Crippen molar-refractivity contribution in [3.63, 3.8) is 0 Å². The van der Waals surface area contributed by atoms with Gasteiger partial charge in [-0.3, -0.25) is 0 Å². The van der Waals surface area contributed by atoms with Gasteiger partial charge in [-0.15, -0.1) is 0 Å². The molecule has 76 heavy (non-hydrogen) atoms. The summed E-state index contributed by atoms with van der Waals surface area (Å²) in [6, 6.07) is 89.5. The zero-order chi connectivity index (χ0) is 51.3. The number of hydrogen-bond donors (Lipinski definition) is 0. The fourth-order valence-corrected chi connectivity index (χ4v) is 11.0. The average Bonchev–Trinajstić information content (AvgIpc) is 4.07. The minimum atomic E-state index is 0.353. The first-order chi connectivity index (χ1) is 37.5. The van der Waals surface area contributed by atoms with E-state index in [-0.39, 0.29) is 0 Å². The van der Waals surface area contributed by atoms with Gasteiger partial charge in [-0.05, 0) is 110 Å². The van der Waals surface area contributed by atoms with Gasteiger partial charge in [0.05, 0.1) is 63.3 Å². The van der Waals surface area contributed by atoms with E-state index >= 15 is 0 Å². The van der Waals surface area contributed by atoms with E-state index in [2.05, 4.69) is 154 Å². The summed E-state index contributed by atoms with van der Waals surface area (Å²) < 4.78 is 4.34. The fraction of sp³-hybridized carbons (Fsp3) is 0. The Hall–Kier alpha value is -11.0. The molecule has 0 saturated heterocycles. The highest BCUT2D eigenvalue weighted by molar-refractivity contribution is 6.13. The highest BCUT2D eigenvalue weighted by Crippen LogP contribution is 2.44. The predicted octanol–water partition coefficient (Wildman–Crippen LogP) is 18.0. The molecule has 0 aliphatic rings. The molecule has 2 aromatic heterocycles.